The SMILES string of the molecule is CC1=C[C@H](C)[C@]2(COC(=O)NC(C)C)CO[C@@H](c3ccc4c(c3)OCO4)[C@H]1[C@H]2C. The molecule has 2 aliphatic heterocycles. The van der Waals surface area contributed by atoms with Crippen molar-refractivity contribution < 1.29 is 23.7 Å². The van der Waals surface area contributed by atoms with Crippen molar-refractivity contribution in [1.29, 1.82) is 0 Å². The maximum atomic E-state index is 12.1. The highest BCUT2D eigenvalue weighted by Crippen LogP contribution is 2.56. The Morgan fingerprint density at radius 1 is 1.28 bits per heavy atom. The number of benzene rings is 1. The first-order valence-electron chi connectivity index (χ1n) is 10.4. The maximum absolute atomic E-state index is 12.1. The van der Waals surface area contributed by atoms with E-state index in [-0.39, 0.29) is 42.3 Å². The zero-order valence-corrected chi connectivity index (χ0v) is 17.9. The molecule has 29 heavy (non-hydrogen) atoms. The number of allylic oxidation sites excluding steroid dienone is 1. The molecule has 6 nitrogen and oxygen atoms in total. The predicted molar refractivity (Wildman–Crippen MR) is 109 cm³/mol. The Balaban J connectivity index is 1.58. The van der Waals surface area contributed by atoms with E-state index in [9.17, 15) is 4.79 Å². The summed E-state index contributed by atoms with van der Waals surface area (Å²) in [6, 6.07) is 6.10. The van der Waals surface area contributed by atoms with Crippen molar-refractivity contribution in [3.05, 3.63) is 35.4 Å². The minimum absolute atomic E-state index is 0.0501. The molecule has 1 saturated heterocycles. The molecule has 2 bridgehead atoms. The Morgan fingerprint density at radius 2 is 2.03 bits per heavy atom. The topological polar surface area (TPSA) is 66.0 Å². The third kappa shape index (κ3) is 3.48. The van der Waals surface area contributed by atoms with E-state index in [4.69, 9.17) is 18.9 Å². The number of ether oxygens (including phenoxy) is 4. The highest BCUT2D eigenvalue weighted by Gasteiger charge is 2.54. The van der Waals surface area contributed by atoms with Gasteiger partial charge in [-0.05, 0) is 50.3 Å². The average Bonchev–Trinajstić information content (AvgIpc) is 3.12. The van der Waals surface area contributed by atoms with Crippen LogP contribution in [-0.4, -0.2) is 32.1 Å². The first-order chi connectivity index (χ1) is 13.8. The molecule has 1 aromatic rings. The zero-order valence-electron chi connectivity index (χ0n) is 17.9. The molecule has 5 atom stereocenters. The Morgan fingerprint density at radius 3 is 2.79 bits per heavy atom. The number of fused-ring (bicyclic) bond motifs is 3. The van der Waals surface area contributed by atoms with Crippen LogP contribution in [0.2, 0.25) is 0 Å². The van der Waals surface area contributed by atoms with Crippen LogP contribution in [0, 0.1) is 23.2 Å². The van der Waals surface area contributed by atoms with Gasteiger partial charge in [0.2, 0.25) is 6.79 Å². The second kappa shape index (κ2) is 7.56. The molecule has 1 aromatic carbocycles. The van der Waals surface area contributed by atoms with Crippen molar-refractivity contribution in [2.24, 2.45) is 23.2 Å². The molecule has 1 N–H and O–H groups in total. The van der Waals surface area contributed by atoms with E-state index < -0.39 is 0 Å². The molecule has 1 amide bonds. The third-order valence-electron chi connectivity index (χ3n) is 6.85. The van der Waals surface area contributed by atoms with Crippen LogP contribution in [-0.2, 0) is 9.47 Å². The predicted octanol–water partition coefficient (Wildman–Crippen LogP) is 4.46. The third-order valence-corrected chi connectivity index (χ3v) is 6.85. The monoisotopic (exact) mass is 401 g/mol. The standard InChI is InChI=1S/C23H31NO5/c1-13(2)24-22(25)27-11-23-10-26-21(20(16(23)5)14(3)8-15(23)4)17-6-7-18-19(9-17)29-12-28-18/h6-9,13,15-16,20-21H,10-12H2,1-5H3,(H,24,25)/t15-,16+,20+,21-,23+/m0/s1. The number of carbonyl (C=O) groups is 1. The summed E-state index contributed by atoms with van der Waals surface area (Å²) in [5, 5.41) is 2.81. The summed E-state index contributed by atoms with van der Waals surface area (Å²) in [4.78, 5) is 12.1. The number of amides is 1. The second-order valence-electron chi connectivity index (χ2n) is 8.97. The number of nitrogens with one attached hydrogen (secondary N) is 1. The molecule has 1 fully saturated rings. The van der Waals surface area contributed by atoms with Gasteiger partial charge in [0, 0.05) is 17.4 Å². The van der Waals surface area contributed by atoms with Gasteiger partial charge in [0.15, 0.2) is 11.5 Å². The Kier molecular flexibility index (Phi) is 5.23. The quantitative estimate of drug-likeness (QED) is 0.755. The fourth-order valence-electron chi connectivity index (χ4n) is 5.13. The van der Waals surface area contributed by atoms with Crippen LogP contribution < -0.4 is 14.8 Å². The smallest absolute Gasteiger partial charge is 0.407 e. The molecule has 1 aliphatic carbocycles. The molecule has 4 rings (SSSR count). The van der Waals surface area contributed by atoms with Crippen molar-refractivity contribution in [3.8, 4) is 11.5 Å². The van der Waals surface area contributed by atoms with E-state index in [1.807, 2.05) is 26.0 Å². The van der Waals surface area contributed by atoms with Gasteiger partial charge in [-0.2, -0.15) is 0 Å². The molecular weight excluding hydrogens is 370 g/mol. The molecular formula is C23H31NO5. The van der Waals surface area contributed by atoms with Crippen LogP contribution in [0.15, 0.2) is 29.8 Å². The first kappa shape index (κ1) is 20.1. The number of hydrogen-bond donors (Lipinski definition) is 1. The van der Waals surface area contributed by atoms with E-state index in [0.717, 1.165) is 17.1 Å². The number of alkyl carbamates (subject to hydrolysis) is 1. The fraction of sp³-hybridized carbons (Fsp3) is 0.609. The summed E-state index contributed by atoms with van der Waals surface area (Å²) in [7, 11) is 0. The van der Waals surface area contributed by atoms with Crippen LogP contribution >= 0.6 is 0 Å². The van der Waals surface area contributed by atoms with Gasteiger partial charge in [0.1, 0.15) is 6.61 Å². The van der Waals surface area contributed by atoms with Crippen LogP contribution in [0.3, 0.4) is 0 Å². The van der Waals surface area contributed by atoms with Gasteiger partial charge in [0.25, 0.3) is 0 Å². The Hall–Kier alpha value is -2.21. The molecule has 0 saturated carbocycles. The van der Waals surface area contributed by atoms with Gasteiger partial charge in [-0.15, -0.1) is 0 Å². The molecule has 0 unspecified atom stereocenters. The van der Waals surface area contributed by atoms with E-state index in [2.05, 4.69) is 38.2 Å². The van der Waals surface area contributed by atoms with Crippen LogP contribution in [0.1, 0.15) is 46.3 Å². The van der Waals surface area contributed by atoms with E-state index >= 15 is 0 Å². The molecule has 0 spiro atoms. The summed E-state index contributed by atoms with van der Waals surface area (Å²) in [6.07, 6.45) is 1.91. The lowest BCUT2D eigenvalue weighted by molar-refractivity contribution is -0.165. The van der Waals surface area contributed by atoms with Gasteiger partial charge in [-0.25, -0.2) is 4.79 Å². The second-order valence-corrected chi connectivity index (χ2v) is 8.97. The number of hydrogen-bond acceptors (Lipinski definition) is 5. The molecule has 6 heteroatoms. The minimum Gasteiger partial charge on any atom is -0.454 e. The van der Waals surface area contributed by atoms with Crippen LogP contribution in [0.4, 0.5) is 4.79 Å². The largest absolute Gasteiger partial charge is 0.454 e. The lowest BCUT2D eigenvalue weighted by atomic mass is 9.56. The van der Waals surface area contributed by atoms with E-state index in [1.54, 1.807) is 0 Å². The molecule has 3 aliphatic rings. The van der Waals surface area contributed by atoms with Crippen molar-refractivity contribution in [1.82, 2.24) is 5.32 Å². The molecule has 2 heterocycles. The van der Waals surface area contributed by atoms with Crippen molar-refractivity contribution >= 4 is 6.09 Å². The van der Waals surface area contributed by atoms with Gasteiger partial charge >= 0.3 is 6.09 Å². The van der Waals surface area contributed by atoms with Gasteiger partial charge < -0.3 is 24.3 Å². The molecule has 158 valence electrons. The van der Waals surface area contributed by atoms with Gasteiger partial charge in [-0.3, -0.25) is 0 Å². The van der Waals surface area contributed by atoms with Crippen LogP contribution in [0.5, 0.6) is 11.5 Å². The van der Waals surface area contributed by atoms with E-state index in [0.29, 0.717) is 19.1 Å². The number of carbonyl (C=O) groups excluding carboxylic acids is 1. The van der Waals surface area contributed by atoms with E-state index in [1.165, 1.54) is 5.57 Å². The first-order valence-corrected chi connectivity index (χ1v) is 10.4. The lowest BCUT2D eigenvalue weighted by Gasteiger charge is -2.55. The van der Waals surface area contributed by atoms with Crippen molar-refractivity contribution in [2.75, 3.05) is 20.0 Å². The fourth-order valence-corrected chi connectivity index (χ4v) is 5.13. The minimum atomic E-state index is -0.366. The average molecular weight is 402 g/mol. The Labute approximate surface area is 172 Å². The van der Waals surface area contributed by atoms with Crippen molar-refractivity contribution in [3.63, 3.8) is 0 Å². The van der Waals surface area contributed by atoms with Crippen molar-refractivity contribution in [2.45, 2.75) is 46.8 Å². The molecule has 0 radical (unpaired) electrons. The van der Waals surface area contributed by atoms with Crippen LogP contribution in [0.25, 0.3) is 0 Å². The Bertz CT molecular complexity index is 819. The highest BCUT2D eigenvalue weighted by molar-refractivity contribution is 5.67. The normalized spacial score (nSPS) is 32.7. The lowest BCUT2D eigenvalue weighted by Crippen LogP contribution is -2.55. The summed E-state index contributed by atoms with van der Waals surface area (Å²) in [6.45, 7) is 11.7. The van der Waals surface area contributed by atoms with Gasteiger partial charge in [0.05, 0.1) is 12.7 Å². The van der Waals surface area contributed by atoms with Gasteiger partial charge in [-0.1, -0.05) is 31.6 Å². The number of rotatable bonds is 4. The summed E-state index contributed by atoms with van der Waals surface area (Å²) in [5.41, 5.74) is 2.20. The highest BCUT2D eigenvalue weighted by atomic mass is 16.7. The summed E-state index contributed by atoms with van der Waals surface area (Å²) in [5.74, 6) is 2.34. The maximum Gasteiger partial charge on any atom is 0.407 e. The summed E-state index contributed by atoms with van der Waals surface area (Å²) >= 11 is 0. The zero-order chi connectivity index (χ0) is 20.8. The summed E-state index contributed by atoms with van der Waals surface area (Å²) < 4.78 is 23.1. The molecule has 0 aromatic heterocycles.